The fraction of sp³-hybridized carbons (Fsp3) is 0.350. The van der Waals surface area contributed by atoms with Crippen molar-refractivity contribution in [2.75, 3.05) is 18.0 Å². The molecule has 1 saturated heterocycles. The second-order valence-electron chi connectivity index (χ2n) is 6.73. The average molecular weight is 359 g/mol. The first kappa shape index (κ1) is 17.8. The van der Waals surface area contributed by atoms with Crippen molar-refractivity contribution in [1.82, 2.24) is 5.32 Å². The minimum atomic E-state index is -0.00315. The molecule has 1 fully saturated rings. The molecule has 1 amide bonds. The number of hydrogen-bond donors (Lipinski definition) is 2. The first-order valence-corrected chi connectivity index (χ1v) is 8.57. The summed E-state index contributed by atoms with van der Waals surface area (Å²) in [7, 11) is 0. The molecule has 0 aromatic heterocycles. The van der Waals surface area contributed by atoms with Crippen molar-refractivity contribution in [2.24, 2.45) is 0 Å². The summed E-state index contributed by atoms with van der Waals surface area (Å²) in [6.45, 7) is 5.77. The average Bonchev–Trinajstić information content (AvgIpc) is 3.05. The molecule has 2 aliphatic rings. The van der Waals surface area contributed by atoms with Crippen LogP contribution in [0.15, 0.2) is 36.4 Å². The molecule has 2 heterocycles. The van der Waals surface area contributed by atoms with Crippen molar-refractivity contribution < 1.29 is 9.90 Å². The summed E-state index contributed by atoms with van der Waals surface area (Å²) in [5.41, 5.74) is 4.88. The van der Waals surface area contributed by atoms with E-state index in [2.05, 4.69) is 24.4 Å². The lowest BCUT2D eigenvalue weighted by molar-refractivity contribution is 0.0964. The van der Waals surface area contributed by atoms with Crippen LogP contribution in [0.3, 0.4) is 0 Å². The molecule has 132 valence electrons. The van der Waals surface area contributed by atoms with Crippen LogP contribution in [-0.4, -0.2) is 30.1 Å². The third kappa shape index (κ3) is 2.70. The third-order valence-corrected chi connectivity index (χ3v) is 5.32. The molecule has 5 heteroatoms. The van der Waals surface area contributed by atoms with E-state index >= 15 is 0 Å². The molecule has 0 radical (unpaired) electrons. The zero-order valence-corrected chi connectivity index (χ0v) is 15.3. The van der Waals surface area contributed by atoms with Crippen LogP contribution in [0.25, 0.3) is 0 Å². The highest BCUT2D eigenvalue weighted by atomic mass is 35.5. The molecule has 2 aromatic carbocycles. The molecule has 2 atom stereocenters. The number of halogens is 1. The summed E-state index contributed by atoms with van der Waals surface area (Å²) >= 11 is 0. The van der Waals surface area contributed by atoms with Crippen LogP contribution in [0.4, 0.5) is 5.69 Å². The number of phenols is 1. The number of para-hydroxylation sites is 2. The Kier molecular flexibility index (Phi) is 4.76. The van der Waals surface area contributed by atoms with Crippen LogP contribution in [0.2, 0.25) is 0 Å². The van der Waals surface area contributed by atoms with E-state index in [1.54, 1.807) is 17.0 Å². The van der Waals surface area contributed by atoms with E-state index in [-0.39, 0.29) is 36.0 Å². The van der Waals surface area contributed by atoms with Crippen LogP contribution >= 0.6 is 12.4 Å². The van der Waals surface area contributed by atoms with E-state index in [9.17, 15) is 9.90 Å². The van der Waals surface area contributed by atoms with Gasteiger partial charge >= 0.3 is 0 Å². The van der Waals surface area contributed by atoms with Crippen molar-refractivity contribution >= 4 is 24.0 Å². The second kappa shape index (κ2) is 6.70. The number of aromatic hydroxyl groups is 1. The van der Waals surface area contributed by atoms with Gasteiger partial charge in [0.15, 0.2) is 0 Å². The van der Waals surface area contributed by atoms with Gasteiger partial charge in [-0.2, -0.15) is 0 Å². The van der Waals surface area contributed by atoms with Gasteiger partial charge in [-0.05, 0) is 42.2 Å². The number of benzene rings is 2. The number of rotatable bonds is 2. The van der Waals surface area contributed by atoms with Crippen molar-refractivity contribution in [3.63, 3.8) is 0 Å². The summed E-state index contributed by atoms with van der Waals surface area (Å²) in [4.78, 5) is 15.1. The molecular formula is C20H23ClN2O2. The lowest BCUT2D eigenvalue weighted by Crippen LogP contribution is -2.48. The molecule has 4 nitrogen and oxygen atoms in total. The van der Waals surface area contributed by atoms with Gasteiger partial charge in [-0.3, -0.25) is 9.69 Å². The Morgan fingerprint density at radius 1 is 1.24 bits per heavy atom. The number of fused-ring (bicyclic) bond motifs is 3. The predicted molar refractivity (Wildman–Crippen MR) is 102 cm³/mol. The molecule has 2 unspecified atom stereocenters. The maximum Gasteiger partial charge on any atom is 0.259 e. The lowest BCUT2D eigenvalue weighted by atomic mass is 9.81. The number of anilines is 1. The van der Waals surface area contributed by atoms with Crippen LogP contribution in [0, 0.1) is 6.92 Å². The smallest absolute Gasteiger partial charge is 0.259 e. The zero-order chi connectivity index (χ0) is 16.8. The number of aryl methyl sites for hydroxylation is 2. The lowest BCUT2D eigenvalue weighted by Gasteiger charge is -2.39. The number of carbonyl (C=O) groups is 1. The van der Waals surface area contributed by atoms with E-state index in [1.165, 1.54) is 11.1 Å². The number of nitrogens with zero attached hydrogens (tertiary/aromatic N) is 1. The second-order valence-corrected chi connectivity index (χ2v) is 6.73. The monoisotopic (exact) mass is 358 g/mol. The molecule has 2 aliphatic heterocycles. The first-order valence-electron chi connectivity index (χ1n) is 8.57. The Morgan fingerprint density at radius 3 is 2.72 bits per heavy atom. The SMILES string of the molecule is CCc1cc(C)c2c(c1)C1CNCC1N(c1ccccc1O)C2=O.Cl. The van der Waals surface area contributed by atoms with E-state index < -0.39 is 0 Å². The number of nitrogens with one attached hydrogen (secondary N) is 1. The fourth-order valence-corrected chi connectivity index (χ4v) is 4.16. The minimum Gasteiger partial charge on any atom is -0.506 e. The molecule has 0 spiro atoms. The van der Waals surface area contributed by atoms with Gasteiger partial charge in [0, 0.05) is 24.6 Å². The van der Waals surface area contributed by atoms with Gasteiger partial charge in [-0.15, -0.1) is 12.4 Å². The van der Waals surface area contributed by atoms with Crippen LogP contribution in [0.5, 0.6) is 5.75 Å². The summed E-state index contributed by atoms with van der Waals surface area (Å²) in [6.07, 6.45) is 0.969. The van der Waals surface area contributed by atoms with Gasteiger partial charge < -0.3 is 10.4 Å². The molecule has 0 aliphatic carbocycles. The Bertz CT molecular complexity index is 821. The van der Waals surface area contributed by atoms with Crippen molar-refractivity contribution in [3.8, 4) is 5.75 Å². The minimum absolute atomic E-state index is 0. The highest BCUT2D eigenvalue weighted by molar-refractivity contribution is 6.10. The standard InChI is InChI=1S/C20H22N2O2.ClH/c1-3-13-8-12(2)19-14(9-13)15-10-21-11-17(15)22(20(19)24)16-6-4-5-7-18(16)23;/h4-9,15,17,21,23H,3,10-11H2,1-2H3;1H. The van der Waals surface area contributed by atoms with Crippen molar-refractivity contribution in [3.05, 3.63) is 58.7 Å². The largest absolute Gasteiger partial charge is 0.506 e. The van der Waals surface area contributed by atoms with Crippen LogP contribution in [-0.2, 0) is 6.42 Å². The molecule has 25 heavy (non-hydrogen) atoms. The molecule has 2 aromatic rings. The van der Waals surface area contributed by atoms with Crippen molar-refractivity contribution in [1.29, 1.82) is 0 Å². The van der Waals surface area contributed by atoms with E-state index in [0.29, 0.717) is 5.69 Å². The normalized spacial score (nSPS) is 21.5. The van der Waals surface area contributed by atoms with Gasteiger partial charge in [0.1, 0.15) is 5.75 Å². The van der Waals surface area contributed by atoms with E-state index in [0.717, 1.165) is 30.6 Å². The predicted octanol–water partition coefficient (Wildman–Crippen LogP) is 3.40. The number of phenolic OH excluding ortho intramolecular Hbond substituents is 1. The maximum absolute atomic E-state index is 13.3. The summed E-state index contributed by atoms with van der Waals surface area (Å²) in [5.74, 6) is 0.418. The topological polar surface area (TPSA) is 52.6 Å². The molecule has 0 bridgehead atoms. The number of amides is 1. The first-order chi connectivity index (χ1) is 11.6. The Balaban J connectivity index is 0.00000182. The molecule has 4 rings (SSSR count). The third-order valence-electron chi connectivity index (χ3n) is 5.32. The fourth-order valence-electron chi connectivity index (χ4n) is 4.16. The Hall–Kier alpha value is -2.04. The van der Waals surface area contributed by atoms with Crippen LogP contribution in [0.1, 0.15) is 39.9 Å². The molecule has 0 saturated carbocycles. The van der Waals surface area contributed by atoms with Crippen molar-refractivity contribution in [2.45, 2.75) is 32.2 Å². The van der Waals surface area contributed by atoms with Gasteiger partial charge in [-0.25, -0.2) is 0 Å². The van der Waals surface area contributed by atoms with Gasteiger partial charge in [0.2, 0.25) is 0 Å². The highest BCUT2D eigenvalue weighted by Gasteiger charge is 2.44. The maximum atomic E-state index is 13.3. The van der Waals surface area contributed by atoms with Gasteiger partial charge in [-0.1, -0.05) is 31.2 Å². The molecule has 2 N–H and O–H groups in total. The van der Waals surface area contributed by atoms with Gasteiger partial charge in [0.25, 0.3) is 5.91 Å². The Morgan fingerprint density at radius 2 is 2.00 bits per heavy atom. The zero-order valence-electron chi connectivity index (χ0n) is 14.5. The Labute approximate surface area is 154 Å². The van der Waals surface area contributed by atoms with Crippen LogP contribution < -0.4 is 10.2 Å². The number of hydrogen-bond acceptors (Lipinski definition) is 3. The summed E-state index contributed by atoms with van der Waals surface area (Å²) < 4.78 is 0. The van der Waals surface area contributed by atoms with E-state index in [1.807, 2.05) is 19.1 Å². The quantitative estimate of drug-likeness (QED) is 0.865. The van der Waals surface area contributed by atoms with E-state index in [4.69, 9.17) is 0 Å². The number of carbonyl (C=O) groups excluding carboxylic acids is 1. The van der Waals surface area contributed by atoms with Gasteiger partial charge in [0.05, 0.1) is 11.7 Å². The molecular weight excluding hydrogens is 336 g/mol. The summed E-state index contributed by atoms with van der Waals surface area (Å²) in [6, 6.07) is 11.5. The summed E-state index contributed by atoms with van der Waals surface area (Å²) in [5, 5.41) is 13.7. The highest BCUT2D eigenvalue weighted by Crippen LogP contribution is 2.42.